The smallest absolute Gasteiger partial charge is 0.251 e. The van der Waals surface area contributed by atoms with Gasteiger partial charge in [0.1, 0.15) is 0 Å². The summed E-state index contributed by atoms with van der Waals surface area (Å²) in [5, 5.41) is 5.67. The van der Waals surface area contributed by atoms with Crippen LogP contribution in [-0.2, 0) is 11.3 Å². The number of carbonyl (C=O) groups is 2. The van der Waals surface area contributed by atoms with Crippen molar-refractivity contribution in [1.82, 2.24) is 10.6 Å². The van der Waals surface area contributed by atoms with Crippen molar-refractivity contribution in [3.8, 4) is 0 Å². The Balaban J connectivity index is 2.26. The molecule has 0 atom stereocenters. The minimum absolute atomic E-state index is 0.0196. The predicted molar refractivity (Wildman–Crippen MR) is 83.7 cm³/mol. The fourth-order valence-electron chi connectivity index (χ4n) is 1.65. The van der Waals surface area contributed by atoms with E-state index < -0.39 is 0 Å². The first-order chi connectivity index (χ1) is 9.84. The molecule has 5 nitrogen and oxygen atoms in total. The van der Waals surface area contributed by atoms with Crippen molar-refractivity contribution in [2.45, 2.75) is 33.7 Å². The Morgan fingerprint density at radius 3 is 2.14 bits per heavy atom. The summed E-state index contributed by atoms with van der Waals surface area (Å²) in [6, 6.07) is 7.22. The molecule has 116 valence electrons. The van der Waals surface area contributed by atoms with Crippen molar-refractivity contribution in [2.75, 3.05) is 13.1 Å². The van der Waals surface area contributed by atoms with Crippen LogP contribution in [0.5, 0.6) is 0 Å². The number of hydrogen-bond donors (Lipinski definition) is 3. The molecule has 1 aromatic carbocycles. The van der Waals surface area contributed by atoms with Crippen molar-refractivity contribution in [2.24, 2.45) is 11.1 Å². The topological polar surface area (TPSA) is 84.2 Å². The fourth-order valence-corrected chi connectivity index (χ4v) is 1.65. The second-order valence-electron chi connectivity index (χ2n) is 6.02. The summed E-state index contributed by atoms with van der Waals surface area (Å²) in [6.45, 7) is 7.17. The van der Waals surface area contributed by atoms with Gasteiger partial charge in [0.25, 0.3) is 5.91 Å². The van der Waals surface area contributed by atoms with E-state index in [0.717, 1.165) is 5.56 Å². The number of benzene rings is 1. The van der Waals surface area contributed by atoms with Gasteiger partial charge in [-0.3, -0.25) is 9.59 Å². The lowest BCUT2D eigenvalue weighted by Crippen LogP contribution is -2.36. The van der Waals surface area contributed by atoms with Crippen LogP contribution in [0.1, 0.15) is 43.1 Å². The van der Waals surface area contributed by atoms with Crippen LogP contribution in [0, 0.1) is 5.41 Å². The van der Waals surface area contributed by atoms with E-state index in [1.54, 1.807) is 12.1 Å². The Labute approximate surface area is 126 Å². The summed E-state index contributed by atoms with van der Waals surface area (Å²) in [6.07, 6.45) is 0.703. The highest BCUT2D eigenvalue weighted by Gasteiger charge is 2.20. The minimum Gasteiger partial charge on any atom is -0.356 e. The van der Waals surface area contributed by atoms with Gasteiger partial charge < -0.3 is 16.4 Å². The molecule has 0 aliphatic heterocycles. The molecule has 0 saturated carbocycles. The van der Waals surface area contributed by atoms with Gasteiger partial charge in [-0.25, -0.2) is 0 Å². The summed E-state index contributed by atoms with van der Waals surface area (Å²) >= 11 is 0. The summed E-state index contributed by atoms with van der Waals surface area (Å²) in [5.41, 5.74) is 6.74. The molecule has 0 spiro atoms. The van der Waals surface area contributed by atoms with E-state index in [0.29, 0.717) is 31.6 Å². The Hall–Kier alpha value is -1.88. The van der Waals surface area contributed by atoms with Crippen LogP contribution < -0.4 is 16.4 Å². The molecule has 0 aliphatic carbocycles. The standard InChI is InChI=1S/C16H25N3O2/c1-16(2,3)15(21)19-10-4-9-18-14(20)13-7-5-12(11-17)6-8-13/h5-8H,4,9-11,17H2,1-3H3,(H,18,20)(H,19,21). The average molecular weight is 291 g/mol. The first kappa shape index (κ1) is 17.2. The third-order valence-corrected chi connectivity index (χ3v) is 3.06. The van der Waals surface area contributed by atoms with Gasteiger partial charge >= 0.3 is 0 Å². The van der Waals surface area contributed by atoms with Crippen LogP contribution in [0.15, 0.2) is 24.3 Å². The Bertz CT molecular complexity index is 475. The molecule has 0 radical (unpaired) electrons. The van der Waals surface area contributed by atoms with E-state index >= 15 is 0 Å². The van der Waals surface area contributed by atoms with E-state index in [2.05, 4.69) is 10.6 Å². The Morgan fingerprint density at radius 1 is 1.05 bits per heavy atom. The molecule has 1 aromatic rings. The van der Waals surface area contributed by atoms with E-state index in [1.807, 2.05) is 32.9 Å². The minimum atomic E-state index is -0.381. The Kier molecular flexibility index (Phi) is 6.37. The molecule has 0 aliphatic rings. The molecule has 0 aromatic heterocycles. The molecular formula is C16H25N3O2. The summed E-state index contributed by atoms with van der Waals surface area (Å²) in [5.74, 6) is -0.0908. The molecule has 0 fully saturated rings. The molecule has 5 heteroatoms. The second-order valence-corrected chi connectivity index (χ2v) is 6.02. The maximum absolute atomic E-state index is 11.9. The third-order valence-electron chi connectivity index (χ3n) is 3.06. The zero-order valence-electron chi connectivity index (χ0n) is 13.0. The number of nitrogens with two attached hydrogens (primary N) is 1. The van der Waals surface area contributed by atoms with Gasteiger partial charge in [0, 0.05) is 30.6 Å². The molecule has 0 bridgehead atoms. The molecule has 0 unspecified atom stereocenters. The van der Waals surface area contributed by atoms with Gasteiger partial charge in [-0.05, 0) is 24.1 Å². The maximum atomic E-state index is 11.9. The number of hydrogen-bond acceptors (Lipinski definition) is 3. The molecule has 1 rings (SSSR count). The zero-order valence-corrected chi connectivity index (χ0v) is 13.0. The number of carbonyl (C=O) groups excluding carboxylic acids is 2. The van der Waals surface area contributed by atoms with Crippen LogP contribution in [-0.4, -0.2) is 24.9 Å². The second kappa shape index (κ2) is 7.78. The van der Waals surface area contributed by atoms with Crippen molar-refractivity contribution in [1.29, 1.82) is 0 Å². The fraction of sp³-hybridized carbons (Fsp3) is 0.500. The van der Waals surface area contributed by atoms with E-state index in [1.165, 1.54) is 0 Å². The van der Waals surface area contributed by atoms with Crippen LogP contribution in [0.2, 0.25) is 0 Å². The highest BCUT2D eigenvalue weighted by atomic mass is 16.2. The molecule has 0 saturated heterocycles. The normalized spacial score (nSPS) is 11.0. The molecule has 4 N–H and O–H groups in total. The number of nitrogens with one attached hydrogen (secondary N) is 2. The van der Waals surface area contributed by atoms with Gasteiger partial charge in [0.05, 0.1) is 0 Å². The van der Waals surface area contributed by atoms with E-state index in [9.17, 15) is 9.59 Å². The Morgan fingerprint density at radius 2 is 1.62 bits per heavy atom. The third kappa shape index (κ3) is 5.95. The molecule has 21 heavy (non-hydrogen) atoms. The van der Waals surface area contributed by atoms with Crippen molar-refractivity contribution in [3.63, 3.8) is 0 Å². The van der Waals surface area contributed by atoms with Crippen molar-refractivity contribution >= 4 is 11.8 Å². The van der Waals surface area contributed by atoms with Crippen LogP contribution in [0.4, 0.5) is 0 Å². The van der Waals surface area contributed by atoms with E-state index in [4.69, 9.17) is 5.73 Å². The largest absolute Gasteiger partial charge is 0.356 e. The SMILES string of the molecule is CC(C)(C)C(=O)NCCCNC(=O)c1ccc(CN)cc1. The monoisotopic (exact) mass is 291 g/mol. The molecule has 2 amide bonds. The number of amides is 2. The maximum Gasteiger partial charge on any atom is 0.251 e. The first-order valence-electron chi connectivity index (χ1n) is 7.20. The van der Waals surface area contributed by atoms with Gasteiger partial charge in [-0.15, -0.1) is 0 Å². The van der Waals surface area contributed by atoms with Crippen molar-refractivity contribution in [3.05, 3.63) is 35.4 Å². The lowest BCUT2D eigenvalue weighted by atomic mass is 9.96. The van der Waals surface area contributed by atoms with Crippen LogP contribution >= 0.6 is 0 Å². The zero-order chi connectivity index (χ0) is 15.9. The lowest BCUT2D eigenvalue weighted by Gasteiger charge is -2.17. The predicted octanol–water partition coefficient (Wildman–Crippen LogP) is 1.43. The van der Waals surface area contributed by atoms with Crippen LogP contribution in [0.3, 0.4) is 0 Å². The number of rotatable bonds is 6. The van der Waals surface area contributed by atoms with Gasteiger partial charge in [0.15, 0.2) is 0 Å². The lowest BCUT2D eigenvalue weighted by molar-refractivity contribution is -0.128. The molecular weight excluding hydrogens is 266 g/mol. The summed E-state index contributed by atoms with van der Waals surface area (Å²) in [7, 11) is 0. The van der Waals surface area contributed by atoms with E-state index in [-0.39, 0.29) is 17.2 Å². The van der Waals surface area contributed by atoms with Crippen molar-refractivity contribution < 1.29 is 9.59 Å². The quantitative estimate of drug-likeness (QED) is 0.693. The average Bonchev–Trinajstić information content (AvgIpc) is 2.45. The van der Waals surface area contributed by atoms with Crippen LogP contribution in [0.25, 0.3) is 0 Å². The summed E-state index contributed by atoms with van der Waals surface area (Å²) < 4.78 is 0. The summed E-state index contributed by atoms with van der Waals surface area (Å²) in [4.78, 5) is 23.5. The highest BCUT2D eigenvalue weighted by Crippen LogP contribution is 2.12. The highest BCUT2D eigenvalue weighted by molar-refractivity contribution is 5.94. The van der Waals surface area contributed by atoms with Gasteiger partial charge in [-0.2, -0.15) is 0 Å². The van der Waals surface area contributed by atoms with Gasteiger partial charge in [0.2, 0.25) is 5.91 Å². The first-order valence-corrected chi connectivity index (χ1v) is 7.20. The van der Waals surface area contributed by atoms with Gasteiger partial charge in [-0.1, -0.05) is 32.9 Å². The molecule has 0 heterocycles.